The number of fused-ring (bicyclic) bond motifs is 1. The van der Waals surface area contributed by atoms with Crippen LogP contribution in [0.2, 0.25) is 5.02 Å². The van der Waals surface area contributed by atoms with Crippen LogP contribution in [0.4, 0.5) is 17.2 Å². The van der Waals surface area contributed by atoms with Crippen LogP contribution in [-0.2, 0) is 4.79 Å². The van der Waals surface area contributed by atoms with E-state index in [0.29, 0.717) is 50.6 Å². The minimum absolute atomic E-state index is 0.0167. The molecule has 0 radical (unpaired) electrons. The average Bonchev–Trinajstić information content (AvgIpc) is 3.41. The topological polar surface area (TPSA) is 97.5 Å². The molecule has 1 aliphatic heterocycles. The van der Waals surface area contributed by atoms with E-state index >= 15 is 0 Å². The number of carbonyl (C=O) groups excluding carboxylic acids is 2. The molecule has 0 bridgehead atoms. The van der Waals surface area contributed by atoms with Crippen LogP contribution in [0.1, 0.15) is 17.3 Å². The number of para-hydroxylation sites is 1. The lowest BCUT2D eigenvalue weighted by Crippen LogP contribution is -2.48. The second-order valence-electron chi connectivity index (χ2n) is 8.85. The summed E-state index contributed by atoms with van der Waals surface area (Å²) in [6, 6.07) is 17.3. The maximum absolute atomic E-state index is 13.5. The Morgan fingerprint density at radius 1 is 1.05 bits per heavy atom. The van der Waals surface area contributed by atoms with Crippen molar-refractivity contribution in [2.75, 3.05) is 49.1 Å². The summed E-state index contributed by atoms with van der Waals surface area (Å²) in [6.45, 7) is 5.03. The van der Waals surface area contributed by atoms with Crippen LogP contribution >= 0.6 is 11.6 Å². The SMILES string of the molecule is CC(=O)NCCN(c1cccc(C(=O)N2CCN(c3ccccc3Cl)CC2)c1)c1ncnc2[nH]ccc12. The fourth-order valence-corrected chi connectivity index (χ4v) is 4.88. The van der Waals surface area contributed by atoms with E-state index in [0.717, 1.165) is 27.4 Å². The smallest absolute Gasteiger partial charge is 0.254 e. The second kappa shape index (κ2) is 10.9. The number of nitrogens with one attached hydrogen (secondary N) is 2. The molecular weight excluding hydrogens is 490 g/mol. The van der Waals surface area contributed by atoms with E-state index in [4.69, 9.17) is 11.6 Å². The number of anilines is 3. The monoisotopic (exact) mass is 517 g/mol. The summed E-state index contributed by atoms with van der Waals surface area (Å²) in [5.74, 6) is 0.584. The van der Waals surface area contributed by atoms with Gasteiger partial charge in [0.1, 0.15) is 17.8 Å². The molecular formula is C27H28ClN7O2. The number of amides is 2. The molecule has 37 heavy (non-hydrogen) atoms. The van der Waals surface area contributed by atoms with E-state index in [-0.39, 0.29) is 11.8 Å². The van der Waals surface area contributed by atoms with E-state index in [1.807, 2.05) is 70.6 Å². The molecule has 2 aromatic carbocycles. The van der Waals surface area contributed by atoms with Crippen molar-refractivity contribution in [3.8, 4) is 0 Å². The third-order valence-electron chi connectivity index (χ3n) is 6.46. The van der Waals surface area contributed by atoms with E-state index in [1.165, 1.54) is 13.3 Å². The molecule has 4 aromatic rings. The first kappa shape index (κ1) is 24.6. The highest BCUT2D eigenvalue weighted by Gasteiger charge is 2.24. The first-order chi connectivity index (χ1) is 18.0. The van der Waals surface area contributed by atoms with Gasteiger partial charge in [0, 0.05) is 63.6 Å². The second-order valence-corrected chi connectivity index (χ2v) is 9.26. The average molecular weight is 518 g/mol. The normalized spacial score (nSPS) is 13.6. The Labute approximate surface area is 220 Å². The van der Waals surface area contributed by atoms with Gasteiger partial charge in [0.05, 0.1) is 16.1 Å². The predicted octanol–water partition coefficient (Wildman–Crippen LogP) is 3.85. The molecule has 1 aliphatic rings. The summed E-state index contributed by atoms with van der Waals surface area (Å²) in [6.07, 6.45) is 3.32. The zero-order valence-corrected chi connectivity index (χ0v) is 21.3. The maximum atomic E-state index is 13.5. The van der Waals surface area contributed by atoms with Crippen LogP contribution in [0.15, 0.2) is 67.1 Å². The Morgan fingerprint density at radius 2 is 1.86 bits per heavy atom. The molecule has 190 valence electrons. The van der Waals surface area contributed by atoms with Gasteiger partial charge < -0.3 is 25.0 Å². The molecule has 10 heteroatoms. The summed E-state index contributed by atoms with van der Waals surface area (Å²) >= 11 is 6.37. The number of nitrogens with zero attached hydrogens (tertiary/aromatic N) is 5. The number of benzene rings is 2. The van der Waals surface area contributed by atoms with Gasteiger partial charge >= 0.3 is 0 Å². The number of hydrogen-bond donors (Lipinski definition) is 2. The number of aromatic nitrogens is 3. The molecule has 2 amide bonds. The van der Waals surface area contributed by atoms with Crippen molar-refractivity contribution in [1.29, 1.82) is 0 Å². The van der Waals surface area contributed by atoms with E-state index in [2.05, 4.69) is 25.2 Å². The number of halogens is 1. The number of piperazine rings is 1. The number of hydrogen-bond acceptors (Lipinski definition) is 6. The first-order valence-corrected chi connectivity index (χ1v) is 12.6. The number of H-pyrrole nitrogens is 1. The third kappa shape index (κ3) is 5.36. The largest absolute Gasteiger partial charge is 0.367 e. The van der Waals surface area contributed by atoms with Gasteiger partial charge in [-0.3, -0.25) is 9.59 Å². The van der Waals surface area contributed by atoms with E-state index in [9.17, 15) is 9.59 Å². The van der Waals surface area contributed by atoms with Crippen LogP contribution in [0.25, 0.3) is 11.0 Å². The summed E-state index contributed by atoms with van der Waals surface area (Å²) in [5.41, 5.74) is 3.13. The Hall–Kier alpha value is -4.11. The van der Waals surface area contributed by atoms with Gasteiger partial charge in [-0.15, -0.1) is 0 Å². The van der Waals surface area contributed by atoms with Gasteiger partial charge in [0.25, 0.3) is 5.91 Å². The van der Waals surface area contributed by atoms with Crippen LogP contribution in [-0.4, -0.2) is 70.9 Å². The maximum Gasteiger partial charge on any atom is 0.254 e. The number of carbonyl (C=O) groups is 2. The molecule has 1 saturated heterocycles. The van der Waals surface area contributed by atoms with Gasteiger partial charge in [-0.2, -0.15) is 0 Å². The molecule has 1 fully saturated rings. The standard InChI is InChI=1S/C27H28ClN7O2/c1-19(36)29-11-12-35(26-22-9-10-30-25(22)31-18-32-26)21-6-4-5-20(17-21)27(37)34-15-13-33(14-16-34)24-8-3-2-7-23(24)28/h2-10,17-18H,11-16H2,1H3,(H,29,36)(H,30,31,32). The number of rotatable bonds is 7. The first-order valence-electron chi connectivity index (χ1n) is 12.2. The van der Waals surface area contributed by atoms with Gasteiger partial charge in [0.15, 0.2) is 0 Å². The van der Waals surface area contributed by atoms with Crippen molar-refractivity contribution in [1.82, 2.24) is 25.2 Å². The Bertz CT molecular complexity index is 1410. The highest BCUT2D eigenvalue weighted by atomic mass is 35.5. The van der Waals surface area contributed by atoms with Gasteiger partial charge in [0.2, 0.25) is 5.91 Å². The predicted molar refractivity (Wildman–Crippen MR) is 146 cm³/mol. The minimum Gasteiger partial charge on any atom is -0.367 e. The van der Waals surface area contributed by atoms with Gasteiger partial charge in [-0.25, -0.2) is 9.97 Å². The lowest BCUT2D eigenvalue weighted by molar-refractivity contribution is -0.118. The molecule has 9 nitrogen and oxygen atoms in total. The quantitative estimate of drug-likeness (QED) is 0.386. The van der Waals surface area contributed by atoms with Crippen molar-refractivity contribution in [3.05, 3.63) is 77.7 Å². The molecule has 2 N–H and O–H groups in total. The summed E-state index contributed by atoms with van der Waals surface area (Å²) in [4.78, 5) is 43.0. The van der Waals surface area contributed by atoms with E-state index in [1.54, 1.807) is 0 Å². The molecule has 0 saturated carbocycles. The molecule has 0 aliphatic carbocycles. The van der Waals surface area contributed by atoms with Crippen LogP contribution in [0.3, 0.4) is 0 Å². The van der Waals surface area contributed by atoms with Crippen LogP contribution in [0, 0.1) is 0 Å². The Kier molecular flexibility index (Phi) is 7.23. The highest BCUT2D eigenvalue weighted by molar-refractivity contribution is 6.33. The Balaban J connectivity index is 1.36. The highest BCUT2D eigenvalue weighted by Crippen LogP contribution is 2.30. The zero-order chi connectivity index (χ0) is 25.8. The zero-order valence-electron chi connectivity index (χ0n) is 20.5. The minimum atomic E-state index is -0.103. The lowest BCUT2D eigenvalue weighted by atomic mass is 10.1. The Morgan fingerprint density at radius 3 is 2.65 bits per heavy atom. The van der Waals surface area contributed by atoms with Crippen molar-refractivity contribution in [2.24, 2.45) is 0 Å². The summed E-state index contributed by atoms with van der Waals surface area (Å²) in [5, 5.41) is 4.42. The summed E-state index contributed by atoms with van der Waals surface area (Å²) in [7, 11) is 0. The molecule has 2 aromatic heterocycles. The van der Waals surface area contributed by atoms with Crippen molar-refractivity contribution < 1.29 is 9.59 Å². The fourth-order valence-electron chi connectivity index (χ4n) is 4.62. The van der Waals surface area contributed by atoms with Crippen molar-refractivity contribution in [3.63, 3.8) is 0 Å². The third-order valence-corrected chi connectivity index (χ3v) is 6.78. The fraction of sp³-hybridized carbons (Fsp3) is 0.259. The van der Waals surface area contributed by atoms with Crippen LogP contribution < -0.4 is 15.1 Å². The molecule has 0 atom stereocenters. The molecule has 0 spiro atoms. The van der Waals surface area contributed by atoms with Gasteiger partial charge in [-0.05, 0) is 36.4 Å². The molecule has 0 unspecified atom stereocenters. The lowest BCUT2D eigenvalue weighted by Gasteiger charge is -2.36. The van der Waals surface area contributed by atoms with Crippen molar-refractivity contribution >= 4 is 51.6 Å². The summed E-state index contributed by atoms with van der Waals surface area (Å²) < 4.78 is 0. The van der Waals surface area contributed by atoms with Crippen LogP contribution in [0.5, 0.6) is 0 Å². The molecule has 3 heterocycles. The van der Waals surface area contributed by atoms with E-state index < -0.39 is 0 Å². The number of aromatic amines is 1. The van der Waals surface area contributed by atoms with Crippen molar-refractivity contribution in [2.45, 2.75) is 6.92 Å². The molecule has 5 rings (SSSR count). The van der Waals surface area contributed by atoms with Gasteiger partial charge in [-0.1, -0.05) is 29.8 Å².